The van der Waals surface area contributed by atoms with Crippen LogP contribution in [0.4, 0.5) is 0 Å². The summed E-state index contributed by atoms with van der Waals surface area (Å²) in [6.45, 7) is 8.91. The van der Waals surface area contributed by atoms with Gasteiger partial charge in [0.15, 0.2) is 0 Å². The van der Waals surface area contributed by atoms with Gasteiger partial charge in [-0.3, -0.25) is 0 Å². The van der Waals surface area contributed by atoms with Crippen LogP contribution in [0.25, 0.3) is 0 Å². The predicted molar refractivity (Wildman–Crippen MR) is 84.3 cm³/mol. The van der Waals surface area contributed by atoms with Crippen LogP contribution in [0.3, 0.4) is 0 Å². The summed E-state index contributed by atoms with van der Waals surface area (Å²) < 4.78 is 5.67. The third-order valence-electron chi connectivity index (χ3n) is 2.86. The lowest BCUT2D eigenvalue weighted by Crippen LogP contribution is -1.97. The second kappa shape index (κ2) is 8.26. The Morgan fingerprint density at radius 1 is 1.00 bits per heavy atom. The standard InChI is InChI=1S/C16H18O2.C2H6/c1-12(2)14-5-3-4-13(10-14)11-18-16-8-6-15(17)7-9-16;1-2/h3-10,12,17H,11H2,1-2H3;1-2H3. The van der Waals surface area contributed by atoms with Gasteiger partial charge in [-0.15, -0.1) is 0 Å². The van der Waals surface area contributed by atoms with Crippen molar-refractivity contribution in [3.05, 3.63) is 59.7 Å². The quantitative estimate of drug-likeness (QED) is 0.837. The average Bonchev–Trinajstić information content (AvgIpc) is 2.49. The molecule has 0 atom stereocenters. The van der Waals surface area contributed by atoms with E-state index in [9.17, 15) is 5.11 Å². The Labute approximate surface area is 122 Å². The van der Waals surface area contributed by atoms with Crippen molar-refractivity contribution in [1.82, 2.24) is 0 Å². The van der Waals surface area contributed by atoms with E-state index >= 15 is 0 Å². The van der Waals surface area contributed by atoms with Gasteiger partial charge >= 0.3 is 0 Å². The van der Waals surface area contributed by atoms with Gasteiger partial charge in [-0.25, -0.2) is 0 Å². The van der Waals surface area contributed by atoms with E-state index in [2.05, 4.69) is 38.1 Å². The minimum absolute atomic E-state index is 0.254. The van der Waals surface area contributed by atoms with Crippen LogP contribution in [0, 0.1) is 0 Å². The van der Waals surface area contributed by atoms with Crippen molar-refractivity contribution in [2.45, 2.75) is 40.2 Å². The summed E-state index contributed by atoms with van der Waals surface area (Å²) in [6, 6.07) is 15.2. The molecule has 2 aromatic carbocycles. The van der Waals surface area contributed by atoms with Gasteiger partial charge in [-0.2, -0.15) is 0 Å². The lowest BCUT2D eigenvalue weighted by molar-refractivity contribution is 0.305. The number of hydrogen-bond acceptors (Lipinski definition) is 2. The van der Waals surface area contributed by atoms with Crippen LogP contribution in [-0.4, -0.2) is 5.11 Å². The van der Waals surface area contributed by atoms with Crippen LogP contribution in [0.5, 0.6) is 11.5 Å². The van der Waals surface area contributed by atoms with Gasteiger partial charge in [0, 0.05) is 0 Å². The molecule has 108 valence electrons. The van der Waals surface area contributed by atoms with Crippen molar-refractivity contribution in [1.29, 1.82) is 0 Å². The van der Waals surface area contributed by atoms with E-state index in [1.54, 1.807) is 24.3 Å². The molecule has 0 heterocycles. The Bertz CT molecular complexity index is 501. The molecule has 0 aliphatic carbocycles. The largest absolute Gasteiger partial charge is 0.508 e. The zero-order chi connectivity index (χ0) is 15.0. The van der Waals surface area contributed by atoms with E-state index in [-0.39, 0.29) is 5.75 Å². The molecule has 0 aliphatic heterocycles. The number of phenols is 1. The maximum absolute atomic E-state index is 9.18. The molecule has 0 saturated carbocycles. The molecule has 1 N–H and O–H groups in total. The number of hydrogen-bond donors (Lipinski definition) is 1. The fourth-order valence-electron chi connectivity index (χ4n) is 1.75. The van der Waals surface area contributed by atoms with Crippen molar-refractivity contribution < 1.29 is 9.84 Å². The summed E-state index contributed by atoms with van der Waals surface area (Å²) >= 11 is 0. The molecule has 0 spiro atoms. The predicted octanol–water partition coefficient (Wildman–Crippen LogP) is 5.12. The highest BCUT2D eigenvalue weighted by Crippen LogP contribution is 2.19. The van der Waals surface area contributed by atoms with Gasteiger partial charge in [0.2, 0.25) is 0 Å². The average molecular weight is 272 g/mol. The van der Waals surface area contributed by atoms with Gasteiger partial charge in [0.05, 0.1) is 0 Å². The molecule has 20 heavy (non-hydrogen) atoms. The molecule has 2 aromatic rings. The van der Waals surface area contributed by atoms with Crippen molar-refractivity contribution in [2.24, 2.45) is 0 Å². The lowest BCUT2D eigenvalue weighted by atomic mass is 10.0. The third-order valence-corrected chi connectivity index (χ3v) is 2.86. The molecule has 2 rings (SSSR count). The zero-order valence-corrected chi connectivity index (χ0v) is 12.8. The van der Waals surface area contributed by atoms with Crippen LogP contribution < -0.4 is 4.74 Å². The topological polar surface area (TPSA) is 29.5 Å². The maximum atomic E-state index is 9.18. The Hall–Kier alpha value is -1.96. The molecule has 2 heteroatoms. The van der Waals surface area contributed by atoms with Crippen molar-refractivity contribution in [3.63, 3.8) is 0 Å². The summed E-state index contributed by atoms with van der Waals surface area (Å²) in [5.74, 6) is 1.55. The van der Waals surface area contributed by atoms with E-state index in [0.717, 1.165) is 11.3 Å². The van der Waals surface area contributed by atoms with Gasteiger partial charge in [0.25, 0.3) is 0 Å². The van der Waals surface area contributed by atoms with Gasteiger partial charge in [0.1, 0.15) is 18.1 Å². The van der Waals surface area contributed by atoms with E-state index in [1.807, 2.05) is 13.8 Å². The molecular formula is C18H24O2. The minimum atomic E-state index is 0.254. The van der Waals surface area contributed by atoms with Gasteiger partial charge < -0.3 is 9.84 Å². The van der Waals surface area contributed by atoms with Crippen LogP contribution in [0.15, 0.2) is 48.5 Å². The summed E-state index contributed by atoms with van der Waals surface area (Å²) in [4.78, 5) is 0. The minimum Gasteiger partial charge on any atom is -0.508 e. The summed E-state index contributed by atoms with van der Waals surface area (Å²) in [5, 5.41) is 9.18. The number of phenolic OH excluding ortho intramolecular Hbond substituents is 1. The van der Waals surface area contributed by atoms with E-state index in [1.165, 1.54) is 5.56 Å². The Morgan fingerprint density at radius 2 is 1.65 bits per heavy atom. The second-order valence-corrected chi connectivity index (χ2v) is 4.68. The molecule has 0 aliphatic rings. The van der Waals surface area contributed by atoms with Crippen molar-refractivity contribution in [2.75, 3.05) is 0 Å². The number of rotatable bonds is 4. The lowest BCUT2D eigenvalue weighted by Gasteiger charge is -2.09. The fraction of sp³-hybridized carbons (Fsp3) is 0.333. The first-order valence-electron chi connectivity index (χ1n) is 7.16. The van der Waals surface area contributed by atoms with Crippen LogP contribution >= 0.6 is 0 Å². The Kier molecular flexibility index (Phi) is 6.65. The molecular weight excluding hydrogens is 248 g/mol. The first kappa shape index (κ1) is 16.1. The molecule has 0 aromatic heterocycles. The highest BCUT2D eigenvalue weighted by Gasteiger charge is 2.01. The van der Waals surface area contributed by atoms with Gasteiger partial charge in [-0.1, -0.05) is 52.0 Å². The van der Waals surface area contributed by atoms with Crippen LogP contribution in [-0.2, 0) is 6.61 Å². The molecule has 0 radical (unpaired) electrons. The molecule has 0 unspecified atom stereocenters. The van der Waals surface area contributed by atoms with E-state index in [0.29, 0.717) is 12.5 Å². The SMILES string of the molecule is CC.CC(C)c1cccc(COc2ccc(O)cc2)c1. The highest BCUT2D eigenvalue weighted by atomic mass is 16.5. The van der Waals surface area contributed by atoms with Crippen molar-refractivity contribution in [3.8, 4) is 11.5 Å². The second-order valence-electron chi connectivity index (χ2n) is 4.68. The zero-order valence-electron chi connectivity index (χ0n) is 12.8. The Balaban J connectivity index is 0.000000956. The molecule has 0 amide bonds. The maximum Gasteiger partial charge on any atom is 0.120 e. The van der Waals surface area contributed by atoms with Crippen molar-refractivity contribution >= 4 is 0 Å². The van der Waals surface area contributed by atoms with Crippen LogP contribution in [0.1, 0.15) is 44.7 Å². The first-order chi connectivity index (χ1) is 9.65. The number of benzene rings is 2. The number of aromatic hydroxyl groups is 1. The Morgan fingerprint density at radius 3 is 2.25 bits per heavy atom. The van der Waals surface area contributed by atoms with E-state index < -0.39 is 0 Å². The monoisotopic (exact) mass is 272 g/mol. The third kappa shape index (κ3) is 4.96. The van der Waals surface area contributed by atoms with Crippen LogP contribution in [0.2, 0.25) is 0 Å². The highest BCUT2D eigenvalue weighted by molar-refractivity contribution is 5.31. The fourth-order valence-corrected chi connectivity index (χ4v) is 1.75. The van der Waals surface area contributed by atoms with E-state index in [4.69, 9.17) is 4.74 Å². The molecule has 0 bridgehead atoms. The number of ether oxygens (including phenoxy) is 1. The van der Waals surface area contributed by atoms with Gasteiger partial charge in [-0.05, 0) is 41.3 Å². The first-order valence-corrected chi connectivity index (χ1v) is 7.16. The molecule has 0 saturated heterocycles. The molecule has 0 fully saturated rings. The summed E-state index contributed by atoms with van der Waals surface area (Å²) in [5.41, 5.74) is 2.48. The molecule has 2 nitrogen and oxygen atoms in total. The smallest absolute Gasteiger partial charge is 0.120 e. The normalized spacial score (nSPS) is 9.85. The summed E-state index contributed by atoms with van der Waals surface area (Å²) in [6.07, 6.45) is 0. The summed E-state index contributed by atoms with van der Waals surface area (Å²) in [7, 11) is 0.